The molecule has 2 nitrogen and oxygen atoms in total. The monoisotopic (exact) mass is 384 g/mol. The molecule has 0 fully saturated rings. The zero-order valence-corrected chi connectivity index (χ0v) is 16.9. The average molecular weight is 384 g/mol. The minimum Gasteiger partial charge on any atom is -0.377 e. The van der Waals surface area contributed by atoms with Gasteiger partial charge in [-0.15, -0.1) is 0 Å². The zero-order valence-electron chi connectivity index (χ0n) is 16.9. The second kappa shape index (κ2) is 5.57. The van der Waals surface area contributed by atoms with Gasteiger partial charge in [-0.1, -0.05) is 79.8 Å². The van der Waals surface area contributed by atoms with Crippen LogP contribution in [0.2, 0.25) is 5.31 Å². The van der Waals surface area contributed by atoms with E-state index in [1.165, 1.54) is 39.1 Å². The smallest absolute Gasteiger partial charge is 0.322 e. The molecule has 0 saturated carbocycles. The Morgan fingerprint density at radius 1 is 0.800 bits per heavy atom. The molecule has 142 valence electrons. The number of allylic oxidation sites excluding steroid dienone is 4. The third kappa shape index (κ3) is 1.86. The number of hydrogen-bond acceptors (Lipinski definition) is 1. The number of benzene rings is 3. The molecule has 0 bridgehead atoms. The van der Waals surface area contributed by atoms with Crippen molar-refractivity contribution in [3.05, 3.63) is 109 Å². The third-order valence-corrected chi connectivity index (χ3v) is 7.32. The lowest BCUT2D eigenvalue weighted by atomic mass is 9.32. The van der Waals surface area contributed by atoms with Crippen molar-refractivity contribution in [1.29, 1.82) is 0 Å². The number of aromatic nitrogens is 1. The molecule has 30 heavy (non-hydrogen) atoms. The Kier molecular flexibility index (Phi) is 3.04. The second-order valence-electron chi connectivity index (χ2n) is 8.87. The highest BCUT2D eigenvalue weighted by Gasteiger charge is 2.55. The van der Waals surface area contributed by atoms with E-state index >= 15 is 0 Å². The summed E-state index contributed by atoms with van der Waals surface area (Å²) < 4.78 is 2.49. The number of para-hydroxylation sites is 4. The van der Waals surface area contributed by atoms with Gasteiger partial charge in [0.15, 0.2) is 0 Å². The van der Waals surface area contributed by atoms with Crippen LogP contribution >= 0.6 is 0 Å². The first-order valence-electron chi connectivity index (χ1n) is 10.7. The molecule has 0 spiro atoms. The van der Waals surface area contributed by atoms with E-state index in [0.29, 0.717) is 5.92 Å². The van der Waals surface area contributed by atoms with Crippen LogP contribution in [0.3, 0.4) is 0 Å². The summed E-state index contributed by atoms with van der Waals surface area (Å²) in [5.41, 5.74) is 7.94. The zero-order chi connectivity index (χ0) is 19.9. The fourth-order valence-electron chi connectivity index (χ4n) is 6.06. The fraction of sp³-hybridized carbons (Fsp3) is 0.111. The van der Waals surface area contributed by atoms with Gasteiger partial charge in [-0.3, -0.25) is 0 Å². The average Bonchev–Trinajstić information content (AvgIpc) is 3.18. The minimum absolute atomic E-state index is 0.0389. The van der Waals surface area contributed by atoms with Crippen LogP contribution in [0, 0.1) is 0 Å². The van der Waals surface area contributed by atoms with Crippen molar-refractivity contribution in [2.24, 2.45) is 0 Å². The maximum absolute atomic E-state index is 2.60. The van der Waals surface area contributed by atoms with Gasteiger partial charge in [0.05, 0.1) is 16.9 Å². The van der Waals surface area contributed by atoms with E-state index < -0.39 is 0 Å². The molecule has 1 aromatic heterocycles. The van der Waals surface area contributed by atoms with Crippen LogP contribution < -0.4 is 10.4 Å². The molecule has 0 saturated heterocycles. The van der Waals surface area contributed by atoms with E-state index in [9.17, 15) is 0 Å². The van der Waals surface area contributed by atoms with E-state index in [0.717, 1.165) is 0 Å². The SMILES string of the molecule is CC12C=CC=CC1c1ccccc1N1B2c2cc3ccccc3n2-c2ccccc21. The first-order valence-corrected chi connectivity index (χ1v) is 10.7. The van der Waals surface area contributed by atoms with E-state index in [4.69, 9.17) is 0 Å². The quantitative estimate of drug-likeness (QED) is 0.340. The van der Waals surface area contributed by atoms with Crippen molar-refractivity contribution in [1.82, 2.24) is 4.57 Å². The van der Waals surface area contributed by atoms with Gasteiger partial charge in [0, 0.05) is 22.5 Å². The maximum atomic E-state index is 2.60. The van der Waals surface area contributed by atoms with Gasteiger partial charge in [-0.2, -0.15) is 0 Å². The summed E-state index contributed by atoms with van der Waals surface area (Å²) in [6.45, 7) is 2.65. The molecule has 3 heterocycles. The molecule has 2 atom stereocenters. The van der Waals surface area contributed by atoms with E-state index in [2.05, 4.69) is 119 Å². The Labute approximate surface area is 176 Å². The fourth-order valence-corrected chi connectivity index (χ4v) is 6.06. The molecule has 2 aliphatic heterocycles. The minimum atomic E-state index is -0.0389. The molecule has 0 N–H and O–H groups in total. The number of hydrogen-bond donors (Lipinski definition) is 0. The lowest BCUT2D eigenvalue weighted by Crippen LogP contribution is -2.61. The third-order valence-electron chi connectivity index (χ3n) is 7.32. The van der Waals surface area contributed by atoms with Gasteiger partial charge in [-0.05, 0) is 41.3 Å². The number of anilines is 2. The summed E-state index contributed by atoms with van der Waals surface area (Å²) in [5, 5.41) is 1.27. The van der Waals surface area contributed by atoms with Crippen molar-refractivity contribution in [2.75, 3.05) is 4.81 Å². The van der Waals surface area contributed by atoms with Crippen molar-refractivity contribution < 1.29 is 0 Å². The molecular weight excluding hydrogens is 363 g/mol. The predicted molar refractivity (Wildman–Crippen MR) is 127 cm³/mol. The lowest BCUT2D eigenvalue weighted by Gasteiger charge is -2.53. The van der Waals surface area contributed by atoms with Crippen molar-refractivity contribution in [3.8, 4) is 5.69 Å². The standard InChI is InChI=1S/C27H21BN2/c1-27-17-9-8-12-21(27)20-11-3-5-14-23(20)30-25-16-7-6-15-24(25)29-22-13-4-2-10-19(22)18-26(29)28(27)30/h2-18,21H,1H3. The molecule has 3 aromatic carbocycles. The summed E-state index contributed by atoms with van der Waals surface area (Å²) in [4.78, 5) is 2.60. The highest BCUT2D eigenvalue weighted by Crippen LogP contribution is 2.59. The Morgan fingerprint density at radius 3 is 2.43 bits per heavy atom. The van der Waals surface area contributed by atoms with Crippen LogP contribution in [0.15, 0.2) is 103 Å². The molecule has 0 amide bonds. The normalized spacial score (nSPS) is 22.9. The molecule has 3 aliphatic rings. The topological polar surface area (TPSA) is 8.17 Å². The number of fused-ring (bicyclic) bond motifs is 13. The van der Waals surface area contributed by atoms with E-state index in [1.54, 1.807) is 0 Å². The summed E-state index contributed by atoms with van der Waals surface area (Å²) >= 11 is 0. The highest BCUT2D eigenvalue weighted by atomic mass is 15.2. The molecule has 3 heteroatoms. The van der Waals surface area contributed by atoms with Gasteiger partial charge < -0.3 is 9.38 Å². The van der Waals surface area contributed by atoms with Crippen molar-refractivity contribution in [2.45, 2.75) is 18.2 Å². The van der Waals surface area contributed by atoms with Crippen LogP contribution in [0.1, 0.15) is 18.4 Å². The number of nitrogens with zero attached hydrogens (tertiary/aromatic N) is 2. The molecular formula is C27H21BN2. The summed E-state index contributed by atoms with van der Waals surface area (Å²) in [5.74, 6) is 0.358. The van der Waals surface area contributed by atoms with Gasteiger partial charge >= 0.3 is 6.85 Å². The Bertz CT molecular complexity index is 1400. The first kappa shape index (κ1) is 16.4. The summed E-state index contributed by atoms with van der Waals surface area (Å²) in [7, 11) is 0. The van der Waals surface area contributed by atoms with Crippen LogP contribution in [-0.2, 0) is 0 Å². The van der Waals surface area contributed by atoms with E-state index in [1.807, 2.05) is 0 Å². The highest BCUT2D eigenvalue weighted by molar-refractivity contribution is 6.82. The number of rotatable bonds is 0. The molecule has 7 rings (SSSR count). The second-order valence-corrected chi connectivity index (χ2v) is 8.87. The molecule has 1 aliphatic carbocycles. The van der Waals surface area contributed by atoms with Crippen molar-refractivity contribution >= 4 is 34.7 Å². The van der Waals surface area contributed by atoms with Gasteiger partial charge in [0.2, 0.25) is 0 Å². The largest absolute Gasteiger partial charge is 0.377 e. The van der Waals surface area contributed by atoms with Crippen LogP contribution in [-0.4, -0.2) is 11.4 Å². The molecule has 4 aromatic rings. The van der Waals surface area contributed by atoms with Gasteiger partial charge in [0.25, 0.3) is 0 Å². The Hall–Kier alpha value is -3.46. The van der Waals surface area contributed by atoms with Crippen LogP contribution in [0.25, 0.3) is 16.6 Å². The van der Waals surface area contributed by atoms with E-state index in [-0.39, 0.29) is 12.2 Å². The van der Waals surface area contributed by atoms with Crippen LogP contribution in [0.4, 0.5) is 11.4 Å². The van der Waals surface area contributed by atoms with Gasteiger partial charge in [0.1, 0.15) is 0 Å². The first-order chi connectivity index (χ1) is 14.8. The predicted octanol–water partition coefficient (Wildman–Crippen LogP) is 5.96. The van der Waals surface area contributed by atoms with Crippen LogP contribution in [0.5, 0.6) is 0 Å². The molecule has 0 radical (unpaired) electrons. The Morgan fingerprint density at radius 2 is 1.53 bits per heavy atom. The molecule has 2 unspecified atom stereocenters. The van der Waals surface area contributed by atoms with Crippen molar-refractivity contribution in [3.63, 3.8) is 0 Å². The summed E-state index contributed by atoms with van der Waals surface area (Å²) in [6, 6.07) is 29.0. The summed E-state index contributed by atoms with van der Waals surface area (Å²) in [6.07, 6.45) is 9.27. The lowest BCUT2D eigenvalue weighted by molar-refractivity contribution is 0.628. The maximum Gasteiger partial charge on any atom is 0.322 e. The van der Waals surface area contributed by atoms with Gasteiger partial charge in [-0.25, -0.2) is 0 Å². The Balaban J connectivity index is 1.65.